The van der Waals surface area contributed by atoms with Crippen LogP contribution in [-0.2, 0) is 9.59 Å². The van der Waals surface area contributed by atoms with Gasteiger partial charge >= 0.3 is 0 Å². The lowest BCUT2D eigenvalue weighted by atomic mass is 9.46. The molecule has 138 valence electrons. The summed E-state index contributed by atoms with van der Waals surface area (Å²) in [7, 11) is 0. The Balaban J connectivity index is 1.68. The highest BCUT2D eigenvalue weighted by Gasteiger charge is 2.65. The van der Waals surface area contributed by atoms with E-state index < -0.39 is 23.4 Å². The zero-order chi connectivity index (χ0) is 18.0. The highest BCUT2D eigenvalue weighted by atomic mass is 16.3. The number of aliphatic hydroxyl groups excluding tert-OH is 1. The lowest BCUT2D eigenvalue weighted by Gasteiger charge is -2.58. The molecule has 4 heteroatoms. The molecule has 0 amide bonds. The second-order valence-corrected chi connectivity index (χ2v) is 9.41. The molecule has 6 atom stereocenters. The number of hydrogen-bond acceptors (Lipinski definition) is 4. The van der Waals surface area contributed by atoms with E-state index in [1.54, 1.807) is 0 Å². The van der Waals surface area contributed by atoms with Crippen LogP contribution < -0.4 is 0 Å². The van der Waals surface area contributed by atoms with Crippen LogP contribution in [0.2, 0.25) is 0 Å². The Morgan fingerprint density at radius 3 is 2.56 bits per heavy atom. The van der Waals surface area contributed by atoms with Crippen LogP contribution in [0.4, 0.5) is 0 Å². The summed E-state index contributed by atoms with van der Waals surface area (Å²) in [4.78, 5) is 24.2. The molecule has 4 aliphatic rings. The SMILES string of the molecule is C[C@]12CC[C@H]3[C@H](CCC4=CC(=O)CC[C@]43C)[C@H]1CC[C@@]2(O)C(=O)CO. The average molecular weight is 346 g/mol. The van der Waals surface area contributed by atoms with Gasteiger partial charge in [-0.15, -0.1) is 0 Å². The van der Waals surface area contributed by atoms with Gasteiger partial charge in [-0.3, -0.25) is 9.59 Å². The number of ketones is 2. The van der Waals surface area contributed by atoms with Gasteiger partial charge in [0.05, 0.1) is 0 Å². The van der Waals surface area contributed by atoms with Gasteiger partial charge in [-0.1, -0.05) is 19.4 Å². The quantitative estimate of drug-likeness (QED) is 0.806. The van der Waals surface area contributed by atoms with Gasteiger partial charge in [0.25, 0.3) is 0 Å². The zero-order valence-electron chi connectivity index (χ0n) is 15.4. The van der Waals surface area contributed by atoms with E-state index >= 15 is 0 Å². The molecule has 0 unspecified atom stereocenters. The first-order valence-electron chi connectivity index (χ1n) is 9.87. The van der Waals surface area contributed by atoms with Crippen LogP contribution in [0.1, 0.15) is 65.2 Å². The van der Waals surface area contributed by atoms with Crippen LogP contribution in [0, 0.1) is 28.6 Å². The van der Waals surface area contributed by atoms with Crippen LogP contribution in [0.3, 0.4) is 0 Å². The first kappa shape index (κ1) is 17.4. The van der Waals surface area contributed by atoms with Crippen molar-refractivity contribution in [2.75, 3.05) is 6.61 Å². The lowest BCUT2D eigenvalue weighted by molar-refractivity contribution is -0.164. The first-order valence-corrected chi connectivity index (χ1v) is 9.87. The highest BCUT2D eigenvalue weighted by Crippen LogP contribution is 2.67. The average Bonchev–Trinajstić information content (AvgIpc) is 2.87. The number of carbonyl (C=O) groups is 2. The Morgan fingerprint density at radius 2 is 1.84 bits per heavy atom. The van der Waals surface area contributed by atoms with Crippen molar-refractivity contribution in [3.63, 3.8) is 0 Å². The summed E-state index contributed by atoms with van der Waals surface area (Å²) in [6.45, 7) is 3.84. The number of aliphatic hydroxyl groups is 2. The monoisotopic (exact) mass is 346 g/mol. The molecular weight excluding hydrogens is 316 g/mol. The Bertz CT molecular complexity index is 652. The van der Waals surface area contributed by atoms with E-state index in [4.69, 9.17) is 0 Å². The highest BCUT2D eigenvalue weighted by molar-refractivity contribution is 5.91. The van der Waals surface area contributed by atoms with E-state index in [-0.39, 0.29) is 11.2 Å². The van der Waals surface area contributed by atoms with Crippen molar-refractivity contribution in [3.8, 4) is 0 Å². The number of fused-ring (bicyclic) bond motifs is 5. The largest absolute Gasteiger partial charge is 0.388 e. The number of rotatable bonds is 2. The predicted octanol–water partition coefficient (Wildman–Crippen LogP) is 2.81. The maximum atomic E-state index is 12.3. The van der Waals surface area contributed by atoms with Gasteiger partial charge in [-0.05, 0) is 74.2 Å². The number of allylic oxidation sites excluding steroid dienone is 1. The van der Waals surface area contributed by atoms with Crippen molar-refractivity contribution in [1.29, 1.82) is 0 Å². The summed E-state index contributed by atoms with van der Waals surface area (Å²) in [5, 5.41) is 20.5. The van der Waals surface area contributed by atoms with Crippen LogP contribution in [0.25, 0.3) is 0 Å². The van der Waals surface area contributed by atoms with Gasteiger partial charge in [0.15, 0.2) is 11.6 Å². The van der Waals surface area contributed by atoms with Crippen LogP contribution in [-0.4, -0.2) is 34.0 Å². The Kier molecular flexibility index (Phi) is 3.83. The van der Waals surface area contributed by atoms with Crippen molar-refractivity contribution in [2.45, 2.75) is 70.8 Å². The topological polar surface area (TPSA) is 74.6 Å². The number of hydrogen-bond donors (Lipinski definition) is 2. The van der Waals surface area contributed by atoms with E-state index in [9.17, 15) is 19.8 Å². The molecular formula is C21H30O4. The predicted molar refractivity (Wildman–Crippen MR) is 93.8 cm³/mol. The molecule has 2 N–H and O–H groups in total. The third kappa shape index (κ3) is 2.13. The molecule has 4 nitrogen and oxygen atoms in total. The minimum atomic E-state index is -1.36. The van der Waals surface area contributed by atoms with Gasteiger partial charge in [0.2, 0.25) is 0 Å². The molecule has 0 aromatic heterocycles. The normalized spacial score (nSPS) is 49.0. The molecule has 0 aromatic rings. The summed E-state index contributed by atoms with van der Waals surface area (Å²) in [6, 6.07) is 0. The van der Waals surface area contributed by atoms with Gasteiger partial charge < -0.3 is 10.2 Å². The molecule has 4 rings (SSSR count). The minimum Gasteiger partial charge on any atom is -0.388 e. The molecule has 0 bridgehead atoms. The molecule has 0 spiro atoms. The fraction of sp³-hybridized carbons (Fsp3) is 0.810. The number of Topliss-reactive ketones (excluding diaryl/α,β-unsaturated/α-hetero) is 1. The van der Waals surface area contributed by atoms with E-state index in [2.05, 4.69) is 13.8 Å². The van der Waals surface area contributed by atoms with Crippen molar-refractivity contribution in [3.05, 3.63) is 11.6 Å². The molecule has 4 aliphatic carbocycles. The molecule has 0 radical (unpaired) electrons. The van der Waals surface area contributed by atoms with E-state index in [1.165, 1.54) is 5.57 Å². The van der Waals surface area contributed by atoms with Crippen molar-refractivity contribution >= 4 is 11.6 Å². The summed E-state index contributed by atoms with van der Waals surface area (Å²) in [5.41, 5.74) is -0.333. The van der Waals surface area contributed by atoms with Crippen molar-refractivity contribution < 1.29 is 19.8 Å². The molecule has 0 heterocycles. The second-order valence-electron chi connectivity index (χ2n) is 9.41. The molecule has 0 aromatic carbocycles. The molecule has 0 saturated heterocycles. The first-order chi connectivity index (χ1) is 11.8. The molecule has 25 heavy (non-hydrogen) atoms. The summed E-state index contributed by atoms with van der Waals surface area (Å²) in [5.74, 6) is 1.26. The van der Waals surface area contributed by atoms with E-state index in [0.29, 0.717) is 30.6 Å². The zero-order valence-corrected chi connectivity index (χ0v) is 15.4. The van der Waals surface area contributed by atoms with E-state index in [1.807, 2.05) is 6.08 Å². The van der Waals surface area contributed by atoms with E-state index in [0.717, 1.165) is 38.5 Å². The maximum absolute atomic E-state index is 12.3. The second kappa shape index (κ2) is 5.50. The fourth-order valence-electron chi connectivity index (χ4n) is 7.16. The van der Waals surface area contributed by atoms with Gasteiger partial charge in [0, 0.05) is 11.8 Å². The fourth-order valence-corrected chi connectivity index (χ4v) is 7.16. The summed E-state index contributed by atoms with van der Waals surface area (Å²) in [6.07, 6.45) is 8.72. The molecule has 3 saturated carbocycles. The van der Waals surface area contributed by atoms with Gasteiger partial charge in [-0.25, -0.2) is 0 Å². The third-order valence-electron chi connectivity index (χ3n) is 8.72. The third-order valence-corrected chi connectivity index (χ3v) is 8.72. The summed E-state index contributed by atoms with van der Waals surface area (Å²) >= 11 is 0. The van der Waals surface area contributed by atoms with Crippen LogP contribution in [0.15, 0.2) is 11.6 Å². The minimum absolute atomic E-state index is 0.111. The Morgan fingerprint density at radius 1 is 1.12 bits per heavy atom. The smallest absolute Gasteiger partial charge is 0.190 e. The molecule has 0 aliphatic heterocycles. The standard InChI is InChI=1S/C21H30O4/c1-19-8-5-14(23)11-13(19)3-4-15-16(19)6-9-20(2)17(15)7-10-21(20,25)18(24)12-22/h11,15-17,22,25H,3-10,12H2,1-2H3/t15-,16-,17+,19+,20-,21+/m0/s1. The Labute approximate surface area is 149 Å². The maximum Gasteiger partial charge on any atom is 0.190 e. The van der Waals surface area contributed by atoms with Gasteiger partial charge in [0.1, 0.15) is 12.2 Å². The lowest BCUT2D eigenvalue weighted by Crippen LogP contribution is -2.58. The van der Waals surface area contributed by atoms with Crippen molar-refractivity contribution in [2.24, 2.45) is 28.6 Å². The molecule has 3 fully saturated rings. The van der Waals surface area contributed by atoms with Gasteiger partial charge in [-0.2, -0.15) is 0 Å². The summed E-state index contributed by atoms with van der Waals surface area (Å²) < 4.78 is 0. The Hall–Kier alpha value is -1.00. The van der Waals surface area contributed by atoms with Crippen LogP contribution >= 0.6 is 0 Å². The van der Waals surface area contributed by atoms with Crippen molar-refractivity contribution in [1.82, 2.24) is 0 Å². The number of carbonyl (C=O) groups excluding carboxylic acids is 2. The van der Waals surface area contributed by atoms with Crippen LogP contribution in [0.5, 0.6) is 0 Å².